The van der Waals surface area contributed by atoms with Crippen LogP contribution in [0.5, 0.6) is 0 Å². The molecule has 0 unspecified atom stereocenters. The highest BCUT2D eigenvalue weighted by Gasteiger charge is 2.05. The Morgan fingerprint density at radius 3 is 2.58 bits per heavy atom. The second-order valence-electron chi connectivity index (χ2n) is 5.78. The number of aliphatic imine (C=N–C) groups is 1. The number of ether oxygens (including phenoxy) is 1. The summed E-state index contributed by atoms with van der Waals surface area (Å²) in [4.78, 5) is 4.26. The van der Waals surface area contributed by atoms with Crippen molar-refractivity contribution in [1.82, 2.24) is 25.2 Å². The molecule has 0 aliphatic rings. The van der Waals surface area contributed by atoms with Crippen LogP contribution in [0.1, 0.15) is 23.9 Å². The first kappa shape index (κ1) is 17.9. The lowest BCUT2D eigenvalue weighted by atomic mass is 10.1. The number of guanidine groups is 1. The van der Waals surface area contributed by atoms with E-state index >= 15 is 0 Å². The molecule has 0 atom stereocenters. The average molecular weight is 352 g/mol. The molecule has 0 aliphatic carbocycles. The van der Waals surface area contributed by atoms with E-state index in [1.54, 1.807) is 7.05 Å². The largest absolute Gasteiger partial charge is 0.377 e. The zero-order valence-corrected chi connectivity index (χ0v) is 15.1. The Hall–Kier alpha value is -2.93. The maximum Gasteiger partial charge on any atom is 0.191 e. The third kappa shape index (κ3) is 4.58. The molecule has 1 aromatic carbocycles. The van der Waals surface area contributed by atoms with Crippen molar-refractivity contribution in [2.24, 2.45) is 4.99 Å². The lowest BCUT2D eigenvalue weighted by molar-refractivity contribution is 0.134. The number of nitrogens with one attached hydrogen (secondary N) is 2. The van der Waals surface area contributed by atoms with E-state index in [9.17, 15) is 0 Å². The summed E-state index contributed by atoms with van der Waals surface area (Å²) >= 11 is 0. The van der Waals surface area contributed by atoms with E-state index in [1.807, 2.05) is 35.7 Å². The third-order valence-electron chi connectivity index (χ3n) is 3.98. The molecule has 2 N–H and O–H groups in total. The Bertz CT molecular complexity index is 856. The van der Waals surface area contributed by atoms with Gasteiger partial charge in [-0.3, -0.25) is 9.39 Å². The van der Waals surface area contributed by atoms with E-state index in [1.165, 1.54) is 11.1 Å². The second-order valence-corrected chi connectivity index (χ2v) is 5.78. The number of benzene rings is 1. The summed E-state index contributed by atoms with van der Waals surface area (Å²) in [6.07, 6.45) is 1.95. The maximum absolute atomic E-state index is 5.42. The number of pyridine rings is 1. The zero-order chi connectivity index (χ0) is 18.2. The van der Waals surface area contributed by atoms with Crippen molar-refractivity contribution in [1.29, 1.82) is 0 Å². The smallest absolute Gasteiger partial charge is 0.191 e. The van der Waals surface area contributed by atoms with Crippen molar-refractivity contribution in [3.63, 3.8) is 0 Å². The van der Waals surface area contributed by atoms with Crippen LogP contribution in [0.4, 0.5) is 0 Å². The van der Waals surface area contributed by atoms with Crippen LogP contribution in [0, 0.1) is 0 Å². The topological polar surface area (TPSA) is 75.8 Å². The number of aromatic nitrogens is 3. The monoisotopic (exact) mass is 352 g/mol. The normalized spacial score (nSPS) is 11.7. The molecule has 2 heterocycles. The molecule has 26 heavy (non-hydrogen) atoms. The molecular formula is C19H24N6O. The van der Waals surface area contributed by atoms with E-state index in [2.05, 4.69) is 50.1 Å². The Kier molecular flexibility index (Phi) is 6.16. The lowest BCUT2D eigenvalue weighted by Gasteiger charge is -2.11. The van der Waals surface area contributed by atoms with Crippen molar-refractivity contribution >= 4 is 11.6 Å². The molecular weight excluding hydrogens is 328 g/mol. The van der Waals surface area contributed by atoms with Gasteiger partial charge in [0.05, 0.1) is 13.2 Å². The molecule has 3 rings (SSSR count). The maximum atomic E-state index is 5.42. The first-order valence-corrected chi connectivity index (χ1v) is 8.69. The summed E-state index contributed by atoms with van der Waals surface area (Å²) in [5, 5.41) is 14.9. The Morgan fingerprint density at radius 1 is 1.04 bits per heavy atom. The van der Waals surface area contributed by atoms with E-state index < -0.39 is 0 Å². The van der Waals surface area contributed by atoms with Gasteiger partial charge in [0, 0.05) is 26.4 Å². The van der Waals surface area contributed by atoms with Gasteiger partial charge in [0.1, 0.15) is 0 Å². The number of rotatable bonds is 7. The molecule has 0 saturated heterocycles. The van der Waals surface area contributed by atoms with Crippen LogP contribution in [-0.4, -0.2) is 34.2 Å². The van der Waals surface area contributed by atoms with Crippen LogP contribution >= 0.6 is 0 Å². The van der Waals surface area contributed by atoms with Gasteiger partial charge in [-0.05, 0) is 30.2 Å². The summed E-state index contributed by atoms with van der Waals surface area (Å²) in [5.41, 5.74) is 3.19. The van der Waals surface area contributed by atoms with E-state index in [-0.39, 0.29) is 0 Å². The minimum Gasteiger partial charge on any atom is -0.377 e. The molecule has 0 saturated carbocycles. The predicted octanol–water partition coefficient (Wildman–Crippen LogP) is 2.13. The Morgan fingerprint density at radius 2 is 1.81 bits per heavy atom. The number of hydrogen-bond donors (Lipinski definition) is 2. The summed E-state index contributed by atoms with van der Waals surface area (Å²) in [6, 6.07) is 14.2. The van der Waals surface area contributed by atoms with Gasteiger partial charge in [0.25, 0.3) is 0 Å². The number of nitrogens with zero attached hydrogens (tertiary/aromatic N) is 4. The highest BCUT2D eigenvalue weighted by molar-refractivity contribution is 5.79. The van der Waals surface area contributed by atoms with Crippen molar-refractivity contribution in [2.75, 3.05) is 13.7 Å². The summed E-state index contributed by atoms with van der Waals surface area (Å²) in [7, 11) is 1.75. The fraction of sp³-hybridized carbons (Fsp3) is 0.316. The highest BCUT2D eigenvalue weighted by atomic mass is 16.5. The van der Waals surface area contributed by atoms with Gasteiger partial charge in [0.15, 0.2) is 17.4 Å². The van der Waals surface area contributed by atoms with Crippen molar-refractivity contribution in [2.45, 2.75) is 26.6 Å². The molecule has 136 valence electrons. The first-order chi connectivity index (χ1) is 12.8. The SMILES string of the molecule is CCOCc1ccc(CNC(=NC)NCc2nnc3ccccn23)cc1. The minimum absolute atomic E-state index is 0.540. The molecule has 0 fully saturated rings. The summed E-state index contributed by atoms with van der Waals surface area (Å²) < 4.78 is 7.37. The zero-order valence-electron chi connectivity index (χ0n) is 15.1. The molecule has 0 spiro atoms. The van der Waals surface area contributed by atoms with Gasteiger partial charge in [-0.15, -0.1) is 10.2 Å². The molecule has 0 radical (unpaired) electrons. The number of hydrogen-bond acceptors (Lipinski definition) is 4. The van der Waals surface area contributed by atoms with E-state index in [4.69, 9.17) is 4.74 Å². The van der Waals surface area contributed by atoms with E-state index in [0.29, 0.717) is 19.7 Å². The van der Waals surface area contributed by atoms with Crippen LogP contribution < -0.4 is 10.6 Å². The quantitative estimate of drug-likeness (QED) is 0.503. The summed E-state index contributed by atoms with van der Waals surface area (Å²) in [5.74, 6) is 1.56. The van der Waals surface area contributed by atoms with Gasteiger partial charge in [-0.25, -0.2) is 0 Å². The minimum atomic E-state index is 0.540. The van der Waals surface area contributed by atoms with Crippen molar-refractivity contribution in [3.8, 4) is 0 Å². The molecule has 2 aromatic heterocycles. The van der Waals surface area contributed by atoms with Crippen LogP contribution in [0.3, 0.4) is 0 Å². The van der Waals surface area contributed by atoms with Crippen molar-refractivity contribution in [3.05, 3.63) is 65.6 Å². The van der Waals surface area contributed by atoms with Gasteiger partial charge in [-0.2, -0.15) is 0 Å². The van der Waals surface area contributed by atoms with Gasteiger partial charge < -0.3 is 15.4 Å². The second kappa shape index (κ2) is 8.96. The molecule has 0 amide bonds. The number of fused-ring (bicyclic) bond motifs is 1. The van der Waals surface area contributed by atoms with Gasteiger partial charge in [0.2, 0.25) is 0 Å². The van der Waals surface area contributed by atoms with Gasteiger partial charge >= 0.3 is 0 Å². The van der Waals surface area contributed by atoms with E-state index in [0.717, 1.165) is 24.0 Å². The van der Waals surface area contributed by atoms with Crippen LogP contribution in [0.2, 0.25) is 0 Å². The molecule has 0 aliphatic heterocycles. The van der Waals surface area contributed by atoms with Crippen LogP contribution in [0.15, 0.2) is 53.7 Å². The highest BCUT2D eigenvalue weighted by Crippen LogP contribution is 2.06. The first-order valence-electron chi connectivity index (χ1n) is 8.69. The predicted molar refractivity (Wildman–Crippen MR) is 102 cm³/mol. The Balaban J connectivity index is 1.52. The Labute approximate surface area is 153 Å². The standard InChI is InChI=1S/C19H24N6O/c1-3-26-14-16-9-7-15(8-10-16)12-21-19(20-2)22-13-18-24-23-17-6-4-5-11-25(17)18/h4-11H,3,12-14H2,1-2H3,(H2,20,21,22). The molecule has 3 aromatic rings. The van der Waals surface area contributed by atoms with Crippen molar-refractivity contribution < 1.29 is 4.74 Å². The lowest BCUT2D eigenvalue weighted by Crippen LogP contribution is -2.36. The third-order valence-corrected chi connectivity index (χ3v) is 3.98. The molecule has 0 bridgehead atoms. The fourth-order valence-electron chi connectivity index (χ4n) is 2.55. The van der Waals surface area contributed by atoms with Crippen LogP contribution in [-0.2, 0) is 24.4 Å². The molecule has 7 nitrogen and oxygen atoms in total. The van der Waals surface area contributed by atoms with Gasteiger partial charge in [-0.1, -0.05) is 30.3 Å². The fourth-order valence-corrected chi connectivity index (χ4v) is 2.55. The average Bonchev–Trinajstić information content (AvgIpc) is 3.10. The van der Waals surface area contributed by atoms with Crippen LogP contribution in [0.25, 0.3) is 5.65 Å². The molecule has 7 heteroatoms. The summed E-state index contributed by atoms with van der Waals surface area (Å²) in [6.45, 7) is 4.61.